The van der Waals surface area contributed by atoms with Crippen LogP contribution in [-0.2, 0) is 19.1 Å². The first-order valence-corrected chi connectivity index (χ1v) is 10.8. The number of carbonyl (C=O) groups is 2. The average Bonchev–Trinajstić information content (AvgIpc) is 2.88. The average molecular weight is 405 g/mol. The Morgan fingerprint density at radius 3 is 2.31 bits per heavy atom. The molecule has 3 aliphatic carbocycles. The van der Waals surface area contributed by atoms with E-state index in [0.29, 0.717) is 31.6 Å². The number of allylic oxidation sites excluding steroid dienone is 1. The van der Waals surface area contributed by atoms with E-state index in [1.165, 1.54) is 25.0 Å². The fourth-order valence-electron chi connectivity index (χ4n) is 6.32. The Hall–Kier alpha value is -1.62. The Balaban J connectivity index is 2.20. The van der Waals surface area contributed by atoms with Gasteiger partial charge in [-0.3, -0.25) is 9.59 Å². The van der Waals surface area contributed by atoms with Gasteiger partial charge in [0.05, 0.1) is 5.60 Å². The highest BCUT2D eigenvalue weighted by Gasteiger charge is 2.64. The second-order valence-corrected chi connectivity index (χ2v) is 10.2. The third kappa shape index (κ3) is 3.45. The number of hydrogen-bond donors (Lipinski definition) is 1. The zero-order valence-corrected chi connectivity index (χ0v) is 18.8. The molecule has 0 saturated heterocycles. The summed E-state index contributed by atoms with van der Waals surface area (Å²) in [6, 6.07) is 0. The molecule has 162 valence electrons. The van der Waals surface area contributed by atoms with E-state index in [2.05, 4.69) is 27.4 Å². The van der Waals surface area contributed by atoms with E-state index < -0.39 is 23.2 Å². The zero-order valence-electron chi connectivity index (χ0n) is 18.8. The number of ether oxygens (including phenoxy) is 2. The van der Waals surface area contributed by atoms with Gasteiger partial charge in [0.2, 0.25) is 0 Å². The summed E-state index contributed by atoms with van der Waals surface area (Å²) in [4.78, 5) is 23.9. The van der Waals surface area contributed by atoms with E-state index in [9.17, 15) is 14.7 Å². The number of hydrogen-bond acceptors (Lipinski definition) is 5. The van der Waals surface area contributed by atoms with Crippen LogP contribution in [0.2, 0.25) is 0 Å². The second kappa shape index (κ2) is 7.26. The second-order valence-electron chi connectivity index (χ2n) is 10.2. The number of aliphatic hydroxyl groups is 1. The lowest BCUT2D eigenvalue weighted by molar-refractivity contribution is -0.185. The zero-order chi connectivity index (χ0) is 21.8. The van der Waals surface area contributed by atoms with Crippen LogP contribution >= 0.6 is 0 Å². The van der Waals surface area contributed by atoms with Crippen LogP contribution in [0.15, 0.2) is 23.3 Å². The fraction of sp³-hybridized carbons (Fsp3) is 0.750. The highest BCUT2D eigenvalue weighted by atomic mass is 16.6. The lowest BCUT2D eigenvalue weighted by Crippen LogP contribution is -2.59. The first-order valence-electron chi connectivity index (χ1n) is 10.8. The number of carbonyl (C=O) groups excluding carboxylic acids is 2. The quantitative estimate of drug-likeness (QED) is 0.554. The molecule has 0 aromatic rings. The smallest absolute Gasteiger partial charge is 0.303 e. The van der Waals surface area contributed by atoms with Gasteiger partial charge < -0.3 is 14.6 Å². The van der Waals surface area contributed by atoms with Crippen molar-refractivity contribution in [3.63, 3.8) is 0 Å². The monoisotopic (exact) mass is 404 g/mol. The van der Waals surface area contributed by atoms with Gasteiger partial charge in [-0.25, -0.2) is 0 Å². The van der Waals surface area contributed by atoms with Crippen LogP contribution in [0.3, 0.4) is 0 Å². The van der Waals surface area contributed by atoms with Crippen molar-refractivity contribution in [3.05, 3.63) is 23.3 Å². The van der Waals surface area contributed by atoms with Crippen molar-refractivity contribution in [2.75, 3.05) is 0 Å². The van der Waals surface area contributed by atoms with Gasteiger partial charge in [0, 0.05) is 25.7 Å². The van der Waals surface area contributed by atoms with Crippen LogP contribution in [0, 0.1) is 16.7 Å². The first-order chi connectivity index (χ1) is 13.3. The molecule has 0 bridgehead atoms. The van der Waals surface area contributed by atoms with Crippen LogP contribution < -0.4 is 0 Å². The Morgan fingerprint density at radius 2 is 1.76 bits per heavy atom. The van der Waals surface area contributed by atoms with E-state index in [1.807, 2.05) is 6.92 Å². The van der Waals surface area contributed by atoms with Gasteiger partial charge in [-0.2, -0.15) is 0 Å². The Bertz CT molecular complexity index is 765. The van der Waals surface area contributed by atoms with Gasteiger partial charge in [-0.1, -0.05) is 39.8 Å². The Kier molecular flexibility index (Phi) is 5.53. The summed E-state index contributed by atoms with van der Waals surface area (Å²) >= 11 is 0. The van der Waals surface area contributed by atoms with Crippen molar-refractivity contribution >= 4 is 11.9 Å². The predicted octanol–water partition coefficient (Wildman–Crippen LogP) is 4.48. The molecular weight excluding hydrogens is 368 g/mol. The lowest BCUT2D eigenvalue weighted by atomic mass is 9.56. The molecule has 2 saturated carbocycles. The Morgan fingerprint density at radius 1 is 1.14 bits per heavy atom. The summed E-state index contributed by atoms with van der Waals surface area (Å²) < 4.78 is 11.6. The molecule has 1 N–H and O–H groups in total. The van der Waals surface area contributed by atoms with Gasteiger partial charge in [0.1, 0.15) is 12.2 Å². The van der Waals surface area contributed by atoms with Crippen molar-refractivity contribution in [2.45, 2.75) is 97.9 Å². The maximum absolute atomic E-state index is 12.1. The summed E-state index contributed by atoms with van der Waals surface area (Å²) in [6.07, 6.45) is 3.16. The molecule has 0 aromatic heterocycles. The largest absolute Gasteiger partial charge is 0.462 e. The minimum atomic E-state index is -1.19. The maximum Gasteiger partial charge on any atom is 0.303 e. The molecule has 5 heteroatoms. The molecule has 0 spiro atoms. The highest BCUT2D eigenvalue weighted by Crippen LogP contribution is 2.63. The van der Waals surface area contributed by atoms with Crippen molar-refractivity contribution in [1.82, 2.24) is 0 Å². The normalized spacial score (nSPS) is 39.7. The molecule has 5 atom stereocenters. The van der Waals surface area contributed by atoms with Gasteiger partial charge in [0.25, 0.3) is 0 Å². The van der Waals surface area contributed by atoms with Crippen LogP contribution in [0.1, 0.15) is 80.1 Å². The number of esters is 2. The summed E-state index contributed by atoms with van der Waals surface area (Å²) in [6.45, 7) is 15.6. The molecule has 3 aliphatic rings. The first kappa shape index (κ1) is 22.1. The molecule has 0 unspecified atom stereocenters. The van der Waals surface area contributed by atoms with E-state index >= 15 is 0 Å². The molecule has 0 heterocycles. The van der Waals surface area contributed by atoms with Crippen LogP contribution in [-0.4, -0.2) is 34.9 Å². The van der Waals surface area contributed by atoms with Gasteiger partial charge in [0.15, 0.2) is 0 Å². The van der Waals surface area contributed by atoms with E-state index in [-0.39, 0.29) is 17.4 Å². The van der Waals surface area contributed by atoms with Crippen molar-refractivity contribution in [1.29, 1.82) is 0 Å². The van der Waals surface area contributed by atoms with E-state index in [1.54, 1.807) is 0 Å². The Labute approximate surface area is 174 Å². The van der Waals surface area contributed by atoms with Crippen LogP contribution in [0.5, 0.6) is 0 Å². The van der Waals surface area contributed by atoms with E-state index in [0.717, 1.165) is 18.4 Å². The standard InChI is InChI=1S/C24H36O5/c1-14(2)18-10-11-22(6)13-24(27)15(3)8-9-20(29-17(5)26)23(24,7)12-19(21(18)22)28-16(4)25/h14,19-20,27H,3,8-13H2,1-2,4-7H3/t19-,20-,22-,23-,24+/m1/s1. The summed E-state index contributed by atoms with van der Waals surface area (Å²) in [5.74, 6) is -0.333. The molecule has 0 aliphatic heterocycles. The molecule has 0 amide bonds. The van der Waals surface area contributed by atoms with E-state index in [4.69, 9.17) is 9.47 Å². The molecule has 0 radical (unpaired) electrons. The van der Waals surface area contributed by atoms with Crippen LogP contribution in [0.4, 0.5) is 0 Å². The topological polar surface area (TPSA) is 72.8 Å². The fourth-order valence-corrected chi connectivity index (χ4v) is 6.32. The van der Waals surface area contributed by atoms with Crippen molar-refractivity contribution in [3.8, 4) is 0 Å². The lowest BCUT2D eigenvalue weighted by Gasteiger charge is -2.54. The SMILES string of the molecule is C=C1CC[C@@H](OC(C)=O)[C@@]2(C)C[C@@H](OC(C)=O)C3=C(C(C)C)CC[C@]3(C)C[C@]12O. The minimum absolute atomic E-state index is 0.284. The predicted molar refractivity (Wildman–Crippen MR) is 111 cm³/mol. The third-order valence-electron chi connectivity index (χ3n) is 7.78. The molecule has 3 rings (SSSR count). The van der Waals surface area contributed by atoms with Gasteiger partial charge in [-0.05, 0) is 54.6 Å². The van der Waals surface area contributed by atoms with Gasteiger partial charge in [-0.15, -0.1) is 0 Å². The summed E-state index contributed by atoms with van der Waals surface area (Å²) in [5.41, 5.74) is 1.04. The summed E-state index contributed by atoms with van der Waals surface area (Å²) in [7, 11) is 0. The van der Waals surface area contributed by atoms with Crippen molar-refractivity contribution < 1.29 is 24.2 Å². The highest BCUT2D eigenvalue weighted by molar-refractivity contribution is 5.67. The number of fused-ring (bicyclic) bond motifs is 2. The maximum atomic E-state index is 12.1. The molecule has 5 nitrogen and oxygen atoms in total. The molecule has 2 fully saturated rings. The van der Waals surface area contributed by atoms with Crippen LogP contribution in [0.25, 0.3) is 0 Å². The summed E-state index contributed by atoms with van der Waals surface area (Å²) in [5, 5.41) is 12.1. The van der Waals surface area contributed by atoms with Gasteiger partial charge >= 0.3 is 11.9 Å². The minimum Gasteiger partial charge on any atom is -0.462 e. The number of rotatable bonds is 3. The third-order valence-corrected chi connectivity index (χ3v) is 7.78. The molecule has 0 aromatic carbocycles. The molecule has 29 heavy (non-hydrogen) atoms. The van der Waals surface area contributed by atoms with Crippen molar-refractivity contribution in [2.24, 2.45) is 16.7 Å². The molecular formula is C24H36O5.